The number of nitrogens with zero attached hydrogens (tertiary/aromatic N) is 1. The van der Waals surface area contributed by atoms with Crippen LogP contribution < -0.4 is 5.32 Å². The number of fused-ring (bicyclic) bond motifs is 1. The van der Waals surface area contributed by atoms with E-state index in [0.717, 1.165) is 15.7 Å². The summed E-state index contributed by atoms with van der Waals surface area (Å²) in [5.41, 5.74) is 0.577. The highest BCUT2D eigenvalue weighted by molar-refractivity contribution is 6.06. The summed E-state index contributed by atoms with van der Waals surface area (Å²) in [6.07, 6.45) is -3.94. The van der Waals surface area contributed by atoms with Crippen molar-refractivity contribution in [3.05, 3.63) is 48.0 Å². The van der Waals surface area contributed by atoms with Gasteiger partial charge in [-0.05, 0) is 35.6 Å². The zero-order valence-corrected chi connectivity index (χ0v) is 14.1. The molecule has 2 amide bonds. The van der Waals surface area contributed by atoms with Crippen LogP contribution in [0.2, 0.25) is 0 Å². The van der Waals surface area contributed by atoms with Crippen molar-refractivity contribution in [1.29, 1.82) is 0 Å². The van der Waals surface area contributed by atoms with Crippen LogP contribution in [-0.2, 0) is 4.79 Å². The minimum absolute atomic E-state index is 0.0613. The summed E-state index contributed by atoms with van der Waals surface area (Å²) in [5.74, 6) is -1.92. The highest BCUT2D eigenvalue weighted by atomic mass is 19.4. The van der Waals surface area contributed by atoms with E-state index in [2.05, 4.69) is 5.32 Å². The Morgan fingerprint density at radius 3 is 2.38 bits per heavy atom. The summed E-state index contributed by atoms with van der Waals surface area (Å²) < 4.78 is 37.4. The van der Waals surface area contributed by atoms with Crippen molar-refractivity contribution in [1.82, 2.24) is 10.2 Å². The van der Waals surface area contributed by atoms with Gasteiger partial charge in [-0.2, -0.15) is 13.2 Å². The van der Waals surface area contributed by atoms with Gasteiger partial charge in [-0.1, -0.05) is 36.4 Å². The fourth-order valence-electron chi connectivity index (χ4n) is 3.28. The maximum atomic E-state index is 12.5. The van der Waals surface area contributed by atoms with Crippen LogP contribution >= 0.6 is 0 Å². The van der Waals surface area contributed by atoms with Gasteiger partial charge in [0.15, 0.2) is 0 Å². The molecule has 0 radical (unpaired) electrons. The van der Waals surface area contributed by atoms with E-state index < -0.39 is 12.1 Å². The Morgan fingerprint density at radius 1 is 1.04 bits per heavy atom. The fourth-order valence-corrected chi connectivity index (χ4v) is 3.28. The molecule has 1 fully saturated rings. The molecule has 4 nitrogen and oxygen atoms in total. The summed E-state index contributed by atoms with van der Waals surface area (Å²) in [6.45, 7) is 0.510. The number of piperidine rings is 1. The highest BCUT2D eigenvalue weighted by Crippen LogP contribution is 2.24. The number of rotatable bonds is 3. The van der Waals surface area contributed by atoms with Crippen molar-refractivity contribution in [2.24, 2.45) is 5.92 Å². The Labute approximate surface area is 149 Å². The number of benzene rings is 2. The smallest absolute Gasteiger partial charge is 0.352 e. The normalized spacial score (nSPS) is 15.9. The average Bonchev–Trinajstić information content (AvgIpc) is 2.64. The minimum atomic E-state index is -4.82. The van der Waals surface area contributed by atoms with Gasteiger partial charge in [0.2, 0.25) is 0 Å². The van der Waals surface area contributed by atoms with Crippen molar-refractivity contribution >= 4 is 22.6 Å². The van der Waals surface area contributed by atoms with Crippen molar-refractivity contribution in [2.45, 2.75) is 19.0 Å². The topological polar surface area (TPSA) is 49.4 Å². The molecule has 1 N–H and O–H groups in total. The molecule has 1 aliphatic rings. The number of carbonyl (C=O) groups is 2. The van der Waals surface area contributed by atoms with Crippen LogP contribution in [0.25, 0.3) is 10.8 Å². The first-order valence-corrected chi connectivity index (χ1v) is 8.48. The van der Waals surface area contributed by atoms with E-state index in [-0.39, 0.29) is 24.9 Å². The van der Waals surface area contributed by atoms with E-state index in [0.29, 0.717) is 24.9 Å². The molecule has 1 heterocycles. The Morgan fingerprint density at radius 2 is 1.69 bits per heavy atom. The second kappa shape index (κ2) is 7.35. The molecule has 0 aromatic heterocycles. The molecule has 138 valence electrons. The van der Waals surface area contributed by atoms with Gasteiger partial charge < -0.3 is 10.2 Å². The first-order chi connectivity index (χ1) is 12.4. The number of hydrogen-bond acceptors (Lipinski definition) is 2. The van der Waals surface area contributed by atoms with E-state index in [1.165, 1.54) is 0 Å². The molecule has 0 saturated carbocycles. The van der Waals surface area contributed by atoms with Crippen LogP contribution in [0, 0.1) is 5.92 Å². The molecule has 0 atom stereocenters. The van der Waals surface area contributed by atoms with Crippen LogP contribution in [0.5, 0.6) is 0 Å². The number of alkyl halides is 3. The fraction of sp³-hybridized carbons (Fsp3) is 0.368. The Kier molecular flexibility index (Phi) is 5.15. The predicted octanol–water partition coefficient (Wildman–Crippen LogP) is 3.37. The Balaban J connectivity index is 1.55. The summed E-state index contributed by atoms with van der Waals surface area (Å²) >= 11 is 0. The van der Waals surface area contributed by atoms with Crippen LogP contribution in [-0.4, -0.2) is 42.5 Å². The number of nitrogens with one attached hydrogen (secondary N) is 1. The first kappa shape index (κ1) is 18.2. The molecule has 26 heavy (non-hydrogen) atoms. The van der Waals surface area contributed by atoms with E-state index >= 15 is 0 Å². The van der Waals surface area contributed by atoms with Crippen LogP contribution in [0.1, 0.15) is 23.2 Å². The standard InChI is InChI=1S/C19H19F3N2O2/c20-19(21,22)18(26)24-10-8-13(9-11-24)12-23-17(25)16-7-3-5-14-4-1-2-6-15(14)16/h1-7,13H,8-12H2,(H,23,25). The summed E-state index contributed by atoms with van der Waals surface area (Å²) in [4.78, 5) is 24.6. The lowest BCUT2D eigenvalue weighted by Gasteiger charge is -2.32. The maximum Gasteiger partial charge on any atom is 0.471 e. The SMILES string of the molecule is O=C(NCC1CCN(C(=O)C(F)(F)F)CC1)c1cccc2ccccc12. The average molecular weight is 364 g/mol. The van der Waals surface area contributed by atoms with Crippen molar-refractivity contribution in [3.63, 3.8) is 0 Å². The highest BCUT2D eigenvalue weighted by Gasteiger charge is 2.43. The van der Waals surface area contributed by atoms with Gasteiger partial charge in [0.1, 0.15) is 0 Å². The number of likely N-dealkylation sites (tertiary alicyclic amines) is 1. The lowest BCUT2D eigenvalue weighted by molar-refractivity contribution is -0.186. The molecule has 0 bridgehead atoms. The first-order valence-electron chi connectivity index (χ1n) is 8.48. The lowest BCUT2D eigenvalue weighted by atomic mass is 9.96. The molecule has 7 heteroatoms. The van der Waals surface area contributed by atoms with Crippen LogP contribution in [0.3, 0.4) is 0 Å². The number of hydrogen-bond donors (Lipinski definition) is 1. The third-order valence-corrected chi connectivity index (χ3v) is 4.73. The second-order valence-corrected chi connectivity index (χ2v) is 6.47. The summed E-state index contributed by atoms with van der Waals surface area (Å²) in [7, 11) is 0. The Bertz CT molecular complexity index is 807. The largest absolute Gasteiger partial charge is 0.471 e. The van der Waals surface area contributed by atoms with Crippen LogP contribution in [0.15, 0.2) is 42.5 Å². The van der Waals surface area contributed by atoms with E-state index in [9.17, 15) is 22.8 Å². The lowest BCUT2D eigenvalue weighted by Crippen LogP contribution is -2.46. The third kappa shape index (κ3) is 3.98. The van der Waals surface area contributed by atoms with Gasteiger partial charge in [0.05, 0.1) is 0 Å². The number of halogens is 3. The molecule has 1 aliphatic heterocycles. The molecular weight excluding hydrogens is 345 g/mol. The molecule has 1 saturated heterocycles. The molecule has 2 aromatic carbocycles. The van der Waals surface area contributed by atoms with Gasteiger partial charge in [-0.3, -0.25) is 9.59 Å². The zero-order chi connectivity index (χ0) is 18.7. The van der Waals surface area contributed by atoms with E-state index in [1.54, 1.807) is 6.07 Å². The molecule has 0 unspecified atom stereocenters. The van der Waals surface area contributed by atoms with Crippen molar-refractivity contribution in [2.75, 3.05) is 19.6 Å². The van der Waals surface area contributed by atoms with Gasteiger partial charge in [-0.15, -0.1) is 0 Å². The van der Waals surface area contributed by atoms with E-state index in [1.807, 2.05) is 36.4 Å². The van der Waals surface area contributed by atoms with Gasteiger partial charge in [-0.25, -0.2) is 0 Å². The predicted molar refractivity (Wildman–Crippen MR) is 91.6 cm³/mol. The van der Waals surface area contributed by atoms with Crippen molar-refractivity contribution < 1.29 is 22.8 Å². The Hall–Kier alpha value is -2.57. The summed E-state index contributed by atoms with van der Waals surface area (Å²) in [6, 6.07) is 13.1. The molecular formula is C19H19F3N2O2. The number of amides is 2. The summed E-state index contributed by atoms with van der Waals surface area (Å²) in [5, 5.41) is 4.70. The molecule has 0 spiro atoms. The van der Waals surface area contributed by atoms with Crippen LogP contribution in [0.4, 0.5) is 13.2 Å². The van der Waals surface area contributed by atoms with Gasteiger partial charge in [0, 0.05) is 25.2 Å². The third-order valence-electron chi connectivity index (χ3n) is 4.73. The quantitative estimate of drug-likeness (QED) is 0.908. The molecule has 2 aromatic rings. The van der Waals surface area contributed by atoms with Gasteiger partial charge >= 0.3 is 12.1 Å². The van der Waals surface area contributed by atoms with E-state index in [4.69, 9.17) is 0 Å². The second-order valence-electron chi connectivity index (χ2n) is 6.47. The maximum absolute atomic E-state index is 12.5. The molecule has 3 rings (SSSR count). The minimum Gasteiger partial charge on any atom is -0.352 e. The van der Waals surface area contributed by atoms with Crippen molar-refractivity contribution in [3.8, 4) is 0 Å². The monoisotopic (exact) mass is 364 g/mol. The molecule has 0 aliphatic carbocycles. The zero-order valence-electron chi connectivity index (χ0n) is 14.1. The van der Waals surface area contributed by atoms with Gasteiger partial charge in [0.25, 0.3) is 5.91 Å². The number of carbonyl (C=O) groups excluding carboxylic acids is 2.